The predicted molar refractivity (Wildman–Crippen MR) is 122 cm³/mol. The fraction of sp³-hybridized carbons (Fsp3) is 0.333. The largest absolute Gasteiger partial charge is 0.348 e. The first-order valence-electron chi connectivity index (χ1n) is 10.4. The Balaban J connectivity index is 1.43. The number of hydrogen-bond acceptors (Lipinski definition) is 4. The first kappa shape index (κ1) is 19.6. The predicted octanol–water partition coefficient (Wildman–Crippen LogP) is 5.93. The van der Waals surface area contributed by atoms with E-state index in [1.807, 2.05) is 61.5 Å². The molecule has 1 atom stereocenters. The van der Waals surface area contributed by atoms with E-state index in [2.05, 4.69) is 15.6 Å². The third kappa shape index (κ3) is 4.67. The summed E-state index contributed by atoms with van der Waals surface area (Å²) in [6, 6.07) is 18.0. The Hall–Kier alpha value is -2.66. The second-order valence-corrected chi connectivity index (χ2v) is 8.34. The van der Waals surface area contributed by atoms with Crippen LogP contribution in [0.1, 0.15) is 44.1 Å². The highest BCUT2D eigenvalue weighted by atomic mass is 32.1. The van der Waals surface area contributed by atoms with Crippen molar-refractivity contribution < 1.29 is 4.79 Å². The molecule has 1 fully saturated rings. The lowest BCUT2D eigenvalue weighted by Gasteiger charge is -2.25. The summed E-state index contributed by atoms with van der Waals surface area (Å²) in [4.78, 5) is 20.0. The van der Waals surface area contributed by atoms with E-state index in [1.165, 1.54) is 19.3 Å². The van der Waals surface area contributed by atoms with E-state index < -0.39 is 0 Å². The molecule has 4 nitrogen and oxygen atoms in total. The molecular weight excluding hydrogens is 378 g/mol. The van der Waals surface area contributed by atoms with Gasteiger partial charge in [0.1, 0.15) is 0 Å². The summed E-state index contributed by atoms with van der Waals surface area (Å²) in [5.41, 5.74) is 3.96. The van der Waals surface area contributed by atoms with Gasteiger partial charge in [-0.15, -0.1) is 11.3 Å². The smallest absolute Gasteiger partial charge is 0.231 e. The van der Waals surface area contributed by atoms with Gasteiger partial charge in [0.05, 0.1) is 11.6 Å². The maximum absolute atomic E-state index is 12.8. The van der Waals surface area contributed by atoms with Crippen molar-refractivity contribution in [3.05, 3.63) is 65.5 Å². The number of thiazole rings is 1. The Labute approximate surface area is 176 Å². The molecule has 0 radical (unpaired) electrons. The molecule has 1 N–H and O–H groups in total. The first-order valence-corrected chi connectivity index (χ1v) is 11.3. The minimum absolute atomic E-state index is 0.0347. The van der Waals surface area contributed by atoms with Gasteiger partial charge in [-0.1, -0.05) is 49.4 Å². The van der Waals surface area contributed by atoms with Crippen LogP contribution in [0.5, 0.6) is 0 Å². The number of hydrogen-bond donors (Lipinski definition) is 1. The maximum atomic E-state index is 12.8. The van der Waals surface area contributed by atoms with Gasteiger partial charge in [0, 0.05) is 29.7 Å². The molecule has 2 aromatic carbocycles. The van der Waals surface area contributed by atoms with Crippen molar-refractivity contribution in [1.82, 2.24) is 4.98 Å². The summed E-state index contributed by atoms with van der Waals surface area (Å²) in [5, 5.41) is 6.30. The Bertz CT molecular complexity index is 930. The van der Waals surface area contributed by atoms with Crippen molar-refractivity contribution in [3.8, 4) is 11.3 Å². The number of carbonyl (C=O) groups excluding carboxylic acids is 1. The zero-order chi connectivity index (χ0) is 20.1. The third-order valence-electron chi connectivity index (χ3n) is 5.49. The summed E-state index contributed by atoms with van der Waals surface area (Å²) in [6.07, 6.45) is 4.60. The molecule has 2 heterocycles. The Morgan fingerprint density at radius 1 is 1.07 bits per heavy atom. The average Bonchev–Trinajstić information content (AvgIpc) is 3.26. The van der Waals surface area contributed by atoms with Gasteiger partial charge in [-0.2, -0.15) is 0 Å². The minimum atomic E-state index is -0.137. The van der Waals surface area contributed by atoms with Gasteiger partial charge < -0.3 is 10.2 Å². The van der Waals surface area contributed by atoms with Crippen LogP contribution in [0.4, 0.5) is 10.8 Å². The standard InChI is InChI=1S/C24H27N3OS/c1-2-21(18-9-5-3-6-10-18)23(28)25-20-13-11-19(12-14-20)22-17-29-24(26-22)27-15-7-4-8-16-27/h3,5-6,9-14,17,21H,2,4,7-8,15-16H2,1H3,(H,25,28). The molecule has 0 aliphatic carbocycles. The van der Waals surface area contributed by atoms with Crippen molar-refractivity contribution >= 4 is 28.1 Å². The maximum Gasteiger partial charge on any atom is 0.231 e. The SMILES string of the molecule is CCC(C(=O)Nc1ccc(-c2csc(N3CCCCC3)n2)cc1)c1ccccc1. The van der Waals surface area contributed by atoms with Crippen molar-refractivity contribution in [2.75, 3.05) is 23.3 Å². The zero-order valence-electron chi connectivity index (χ0n) is 16.8. The summed E-state index contributed by atoms with van der Waals surface area (Å²) in [6.45, 7) is 4.26. The molecule has 1 aliphatic heterocycles. The minimum Gasteiger partial charge on any atom is -0.348 e. The van der Waals surface area contributed by atoms with Gasteiger partial charge in [-0.05, 0) is 43.4 Å². The van der Waals surface area contributed by atoms with Gasteiger partial charge in [0.15, 0.2) is 5.13 Å². The van der Waals surface area contributed by atoms with Crippen LogP contribution in [0.15, 0.2) is 60.0 Å². The highest BCUT2D eigenvalue weighted by Gasteiger charge is 2.19. The number of nitrogens with zero attached hydrogens (tertiary/aromatic N) is 2. The first-order chi connectivity index (χ1) is 14.2. The normalized spacial score (nSPS) is 15.1. The lowest BCUT2D eigenvalue weighted by molar-refractivity contribution is -0.117. The fourth-order valence-electron chi connectivity index (χ4n) is 3.84. The molecular formula is C24H27N3OS. The fourth-order valence-corrected chi connectivity index (χ4v) is 4.73. The molecule has 150 valence electrons. The highest BCUT2D eigenvalue weighted by Crippen LogP contribution is 2.30. The van der Waals surface area contributed by atoms with E-state index in [4.69, 9.17) is 4.98 Å². The van der Waals surface area contributed by atoms with Gasteiger partial charge in [-0.3, -0.25) is 4.79 Å². The molecule has 1 saturated heterocycles. The Morgan fingerprint density at radius 3 is 2.48 bits per heavy atom. The molecule has 1 aliphatic rings. The monoisotopic (exact) mass is 405 g/mol. The van der Waals surface area contributed by atoms with Crippen LogP contribution >= 0.6 is 11.3 Å². The van der Waals surface area contributed by atoms with E-state index in [0.717, 1.165) is 47.2 Å². The second-order valence-electron chi connectivity index (χ2n) is 7.50. The van der Waals surface area contributed by atoms with E-state index in [-0.39, 0.29) is 11.8 Å². The molecule has 0 spiro atoms. The Morgan fingerprint density at radius 2 is 1.79 bits per heavy atom. The van der Waals surface area contributed by atoms with Crippen molar-refractivity contribution in [2.24, 2.45) is 0 Å². The molecule has 1 aromatic heterocycles. The van der Waals surface area contributed by atoms with Crippen molar-refractivity contribution in [3.63, 3.8) is 0 Å². The number of nitrogens with one attached hydrogen (secondary N) is 1. The molecule has 5 heteroatoms. The topological polar surface area (TPSA) is 45.2 Å². The summed E-state index contributed by atoms with van der Waals surface area (Å²) in [7, 11) is 0. The van der Waals surface area contributed by atoms with Crippen molar-refractivity contribution in [2.45, 2.75) is 38.5 Å². The number of aromatic nitrogens is 1. The number of carbonyl (C=O) groups is 1. The molecule has 0 bridgehead atoms. The van der Waals surface area contributed by atoms with Crippen LogP contribution in [0.25, 0.3) is 11.3 Å². The van der Waals surface area contributed by atoms with E-state index in [1.54, 1.807) is 11.3 Å². The highest BCUT2D eigenvalue weighted by molar-refractivity contribution is 7.14. The Kier molecular flexibility index (Phi) is 6.25. The van der Waals surface area contributed by atoms with E-state index in [9.17, 15) is 4.79 Å². The zero-order valence-corrected chi connectivity index (χ0v) is 17.6. The molecule has 1 unspecified atom stereocenters. The third-order valence-corrected chi connectivity index (χ3v) is 6.39. The van der Waals surface area contributed by atoms with E-state index in [0.29, 0.717) is 0 Å². The van der Waals surface area contributed by atoms with Gasteiger partial charge in [0.25, 0.3) is 0 Å². The molecule has 4 rings (SSSR count). The number of rotatable bonds is 6. The average molecular weight is 406 g/mol. The molecule has 3 aromatic rings. The summed E-state index contributed by atoms with van der Waals surface area (Å²) >= 11 is 1.72. The van der Waals surface area contributed by atoms with Crippen LogP contribution in [0, 0.1) is 0 Å². The van der Waals surface area contributed by atoms with Crippen LogP contribution in [0.2, 0.25) is 0 Å². The van der Waals surface area contributed by atoms with E-state index >= 15 is 0 Å². The van der Waals surface area contributed by atoms with Gasteiger partial charge in [0.2, 0.25) is 5.91 Å². The molecule has 1 amide bonds. The quantitative estimate of drug-likeness (QED) is 0.552. The summed E-state index contributed by atoms with van der Waals surface area (Å²) in [5.74, 6) is -0.103. The van der Waals surface area contributed by atoms with Crippen LogP contribution in [-0.4, -0.2) is 24.0 Å². The van der Waals surface area contributed by atoms with Crippen LogP contribution in [0.3, 0.4) is 0 Å². The van der Waals surface area contributed by atoms with Crippen molar-refractivity contribution in [1.29, 1.82) is 0 Å². The second kappa shape index (κ2) is 9.23. The lowest BCUT2D eigenvalue weighted by Crippen LogP contribution is -2.29. The van der Waals surface area contributed by atoms with Gasteiger partial charge >= 0.3 is 0 Å². The molecule has 0 saturated carbocycles. The number of amides is 1. The number of piperidine rings is 1. The van der Waals surface area contributed by atoms with Crippen LogP contribution in [-0.2, 0) is 4.79 Å². The van der Waals surface area contributed by atoms with Crippen LogP contribution < -0.4 is 10.2 Å². The summed E-state index contributed by atoms with van der Waals surface area (Å²) < 4.78 is 0. The van der Waals surface area contributed by atoms with Gasteiger partial charge in [-0.25, -0.2) is 4.98 Å². The number of benzene rings is 2. The number of anilines is 2. The lowest BCUT2D eigenvalue weighted by atomic mass is 9.95. The molecule has 29 heavy (non-hydrogen) atoms.